The molecule has 94 valence electrons. The van der Waals surface area contributed by atoms with E-state index in [1.54, 1.807) is 12.4 Å². The summed E-state index contributed by atoms with van der Waals surface area (Å²) in [4.78, 5) is 8.03. The standard InChI is InChI=1S/C10H15N3O3S/c1-16-8-5-11-10(12-6-8)13-7-9-3-2-4-17(9,14)15/h5-6,9H,2-4,7H2,1H3,(H,11,12,13). The van der Waals surface area contributed by atoms with Crippen molar-refractivity contribution >= 4 is 15.8 Å². The lowest BCUT2D eigenvalue weighted by molar-refractivity contribution is 0.411. The van der Waals surface area contributed by atoms with Crippen molar-refractivity contribution < 1.29 is 13.2 Å². The van der Waals surface area contributed by atoms with Gasteiger partial charge < -0.3 is 10.1 Å². The van der Waals surface area contributed by atoms with Crippen LogP contribution in [0.25, 0.3) is 0 Å². The highest BCUT2D eigenvalue weighted by Crippen LogP contribution is 2.20. The predicted molar refractivity (Wildman–Crippen MR) is 63.9 cm³/mol. The Balaban J connectivity index is 1.93. The van der Waals surface area contributed by atoms with Gasteiger partial charge >= 0.3 is 0 Å². The molecule has 1 aromatic heterocycles. The third-order valence-electron chi connectivity index (χ3n) is 2.81. The lowest BCUT2D eigenvalue weighted by atomic mass is 10.2. The lowest BCUT2D eigenvalue weighted by Gasteiger charge is -2.10. The molecule has 1 unspecified atom stereocenters. The summed E-state index contributed by atoms with van der Waals surface area (Å²) in [5.74, 6) is 1.29. The van der Waals surface area contributed by atoms with Gasteiger partial charge in [-0.25, -0.2) is 18.4 Å². The number of nitrogens with zero attached hydrogens (tertiary/aromatic N) is 2. The van der Waals surface area contributed by atoms with Crippen molar-refractivity contribution in [1.82, 2.24) is 9.97 Å². The van der Waals surface area contributed by atoms with Gasteiger partial charge in [-0.05, 0) is 12.8 Å². The Labute approximate surface area is 100 Å². The quantitative estimate of drug-likeness (QED) is 0.844. The van der Waals surface area contributed by atoms with Gasteiger partial charge in [0.1, 0.15) is 0 Å². The fraction of sp³-hybridized carbons (Fsp3) is 0.600. The van der Waals surface area contributed by atoms with Gasteiger partial charge in [-0.3, -0.25) is 0 Å². The Morgan fingerprint density at radius 1 is 1.47 bits per heavy atom. The van der Waals surface area contributed by atoms with E-state index < -0.39 is 9.84 Å². The molecule has 0 saturated carbocycles. The van der Waals surface area contributed by atoms with Crippen molar-refractivity contribution in [3.05, 3.63) is 12.4 Å². The van der Waals surface area contributed by atoms with Crippen LogP contribution in [0.5, 0.6) is 5.75 Å². The molecule has 1 atom stereocenters. The third-order valence-corrected chi connectivity index (χ3v) is 5.09. The number of sulfone groups is 1. The zero-order valence-corrected chi connectivity index (χ0v) is 10.4. The maximum atomic E-state index is 11.6. The summed E-state index contributed by atoms with van der Waals surface area (Å²) in [7, 11) is -1.37. The van der Waals surface area contributed by atoms with Gasteiger partial charge in [0.2, 0.25) is 5.95 Å². The molecule has 2 rings (SSSR count). The summed E-state index contributed by atoms with van der Waals surface area (Å²) in [5.41, 5.74) is 0. The fourth-order valence-corrected chi connectivity index (χ4v) is 3.57. The van der Waals surface area contributed by atoms with E-state index in [0.717, 1.165) is 6.42 Å². The van der Waals surface area contributed by atoms with Gasteiger partial charge in [0, 0.05) is 6.54 Å². The minimum atomic E-state index is -2.91. The Kier molecular flexibility index (Phi) is 3.46. The monoisotopic (exact) mass is 257 g/mol. The first kappa shape index (κ1) is 12.1. The molecule has 1 aliphatic rings. The van der Waals surface area contributed by atoms with Gasteiger partial charge in [0.25, 0.3) is 0 Å². The molecule has 0 bridgehead atoms. The van der Waals surface area contributed by atoms with Crippen molar-refractivity contribution in [2.75, 3.05) is 24.7 Å². The summed E-state index contributed by atoms with van der Waals surface area (Å²) < 4.78 is 28.1. The lowest BCUT2D eigenvalue weighted by Crippen LogP contribution is -2.25. The molecule has 1 fully saturated rings. The van der Waals surface area contributed by atoms with Crippen molar-refractivity contribution in [3.8, 4) is 5.75 Å². The topological polar surface area (TPSA) is 81.2 Å². The molecule has 1 aromatic rings. The van der Waals surface area contributed by atoms with Crippen molar-refractivity contribution in [2.24, 2.45) is 0 Å². The number of nitrogens with one attached hydrogen (secondary N) is 1. The molecule has 0 radical (unpaired) electrons. The maximum absolute atomic E-state index is 11.6. The molecule has 7 heteroatoms. The Hall–Kier alpha value is -1.37. The molecule has 0 spiro atoms. The van der Waals surface area contributed by atoms with Crippen molar-refractivity contribution in [2.45, 2.75) is 18.1 Å². The molecule has 1 aliphatic heterocycles. The number of ether oxygens (including phenoxy) is 1. The van der Waals surface area contributed by atoms with E-state index >= 15 is 0 Å². The second-order valence-corrected chi connectivity index (χ2v) is 6.36. The van der Waals surface area contributed by atoms with Crippen LogP contribution in [0.2, 0.25) is 0 Å². The number of methoxy groups -OCH3 is 1. The van der Waals surface area contributed by atoms with Gasteiger partial charge in [-0.1, -0.05) is 0 Å². The summed E-state index contributed by atoms with van der Waals surface area (Å²) in [6.45, 7) is 0.370. The summed E-state index contributed by atoms with van der Waals surface area (Å²) >= 11 is 0. The summed E-state index contributed by atoms with van der Waals surface area (Å²) in [6.07, 6.45) is 4.54. The maximum Gasteiger partial charge on any atom is 0.222 e. The van der Waals surface area contributed by atoms with Gasteiger partial charge in [-0.15, -0.1) is 0 Å². The van der Waals surface area contributed by atoms with Gasteiger partial charge in [0.05, 0.1) is 30.5 Å². The van der Waals surface area contributed by atoms with Crippen LogP contribution in [0, 0.1) is 0 Å². The number of anilines is 1. The van der Waals surface area contributed by atoms with E-state index in [1.807, 2.05) is 0 Å². The smallest absolute Gasteiger partial charge is 0.222 e. The van der Waals surface area contributed by atoms with Crippen molar-refractivity contribution in [3.63, 3.8) is 0 Å². The highest BCUT2D eigenvalue weighted by Gasteiger charge is 2.30. The first-order valence-corrected chi connectivity index (χ1v) is 7.15. The largest absolute Gasteiger partial charge is 0.494 e. The van der Waals surface area contributed by atoms with Crippen LogP contribution in [0.1, 0.15) is 12.8 Å². The van der Waals surface area contributed by atoms with Gasteiger partial charge in [-0.2, -0.15) is 0 Å². The van der Waals surface area contributed by atoms with Crippen LogP contribution in [0.15, 0.2) is 12.4 Å². The highest BCUT2D eigenvalue weighted by atomic mass is 32.2. The van der Waals surface area contributed by atoms with Crippen LogP contribution in [0.4, 0.5) is 5.95 Å². The number of aromatic nitrogens is 2. The van der Waals surface area contributed by atoms with Crippen molar-refractivity contribution in [1.29, 1.82) is 0 Å². The van der Waals surface area contributed by atoms with Crippen LogP contribution >= 0.6 is 0 Å². The SMILES string of the molecule is COc1cnc(NCC2CCCS2(=O)=O)nc1. The normalized spacial score (nSPS) is 22.3. The second-order valence-electron chi connectivity index (χ2n) is 3.96. The minimum Gasteiger partial charge on any atom is -0.494 e. The first-order valence-electron chi connectivity index (χ1n) is 5.43. The zero-order chi connectivity index (χ0) is 12.3. The average Bonchev–Trinajstić information content (AvgIpc) is 2.66. The van der Waals surface area contributed by atoms with Crippen LogP contribution in [-0.4, -0.2) is 43.0 Å². The number of hydrogen-bond acceptors (Lipinski definition) is 6. The molecule has 6 nitrogen and oxygen atoms in total. The van der Waals surface area contributed by atoms with E-state index in [-0.39, 0.29) is 5.25 Å². The Morgan fingerprint density at radius 3 is 2.71 bits per heavy atom. The molecule has 1 N–H and O–H groups in total. The van der Waals surface area contributed by atoms with E-state index in [2.05, 4.69) is 15.3 Å². The zero-order valence-electron chi connectivity index (χ0n) is 9.59. The van der Waals surface area contributed by atoms with E-state index in [1.165, 1.54) is 7.11 Å². The molecular weight excluding hydrogens is 242 g/mol. The predicted octanol–water partition coefficient (Wildman–Crippen LogP) is 0.474. The molecule has 17 heavy (non-hydrogen) atoms. The van der Waals surface area contributed by atoms with E-state index in [0.29, 0.717) is 30.4 Å². The van der Waals surface area contributed by atoms with E-state index in [9.17, 15) is 8.42 Å². The summed E-state index contributed by atoms with van der Waals surface area (Å²) in [5, 5.41) is 2.62. The molecular formula is C10H15N3O3S. The molecule has 0 aliphatic carbocycles. The first-order chi connectivity index (χ1) is 8.12. The highest BCUT2D eigenvalue weighted by molar-refractivity contribution is 7.92. The van der Waals surface area contributed by atoms with Crippen LogP contribution in [-0.2, 0) is 9.84 Å². The van der Waals surface area contributed by atoms with E-state index in [4.69, 9.17) is 4.74 Å². The minimum absolute atomic E-state index is 0.294. The fourth-order valence-electron chi connectivity index (χ4n) is 1.81. The number of hydrogen-bond donors (Lipinski definition) is 1. The van der Waals surface area contributed by atoms with Gasteiger partial charge in [0.15, 0.2) is 15.6 Å². The molecule has 1 saturated heterocycles. The Morgan fingerprint density at radius 2 is 2.18 bits per heavy atom. The molecule has 0 amide bonds. The second kappa shape index (κ2) is 4.87. The number of rotatable bonds is 4. The Bertz CT molecular complexity index is 472. The average molecular weight is 257 g/mol. The van der Waals surface area contributed by atoms with Crippen LogP contribution in [0.3, 0.4) is 0 Å². The molecule has 2 heterocycles. The summed E-state index contributed by atoms with van der Waals surface area (Å²) in [6, 6.07) is 0. The van der Waals surface area contributed by atoms with Crippen LogP contribution < -0.4 is 10.1 Å². The molecule has 0 aromatic carbocycles. The third kappa shape index (κ3) is 2.85.